The molecule has 0 aliphatic rings. The van der Waals surface area contributed by atoms with Crippen molar-refractivity contribution in [3.63, 3.8) is 0 Å². The van der Waals surface area contributed by atoms with Gasteiger partial charge in [0, 0.05) is 16.9 Å². The zero-order valence-electron chi connectivity index (χ0n) is 10.7. The lowest BCUT2D eigenvalue weighted by Gasteiger charge is -2.00. The van der Waals surface area contributed by atoms with E-state index in [2.05, 4.69) is 31.4 Å². The summed E-state index contributed by atoms with van der Waals surface area (Å²) in [5.41, 5.74) is 3.74. The molecule has 2 aromatic rings. The molecule has 0 aliphatic heterocycles. The van der Waals surface area contributed by atoms with E-state index in [1.807, 2.05) is 24.3 Å². The van der Waals surface area contributed by atoms with Gasteiger partial charge in [-0.3, -0.25) is 9.78 Å². The van der Waals surface area contributed by atoms with Crippen molar-refractivity contribution in [2.75, 3.05) is 7.11 Å². The first-order valence-electron chi connectivity index (χ1n) is 5.77. The molecule has 20 heavy (non-hydrogen) atoms. The molecule has 1 N–H and O–H groups in total. The Hall–Kier alpha value is -2.21. The van der Waals surface area contributed by atoms with Gasteiger partial charge < -0.3 is 4.74 Å². The standard InChI is InChI=1S/C14H12BrN3O2/c1-20-13-4-2-10(3-5-13)7-17-18-14(19)11-6-12(15)9-16-8-11/h2-9H,1H3,(H,18,19)/b17-7+. The summed E-state index contributed by atoms with van der Waals surface area (Å²) in [5.74, 6) is 0.454. The summed E-state index contributed by atoms with van der Waals surface area (Å²) in [7, 11) is 1.61. The molecule has 1 amide bonds. The third-order valence-corrected chi connectivity index (χ3v) is 2.90. The van der Waals surface area contributed by atoms with Gasteiger partial charge in [-0.2, -0.15) is 5.10 Å². The first-order chi connectivity index (χ1) is 9.69. The smallest absolute Gasteiger partial charge is 0.272 e. The molecule has 0 bridgehead atoms. The minimum absolute atomic E-state index is 0.316. The molecule has 5 nitrogen and oxygen atoms in total. The highest BCUT2D eigenvalue weighted by Gasteiger charge is 2.04. The van der Waals surface area contributed by atoms with Crippen LogP contribution in [0.1, 0.15) is 15.9 Å². The Morgan fingerprint density at radius 3 is 2.75 bits per heavy atom. The van der Waals surface area contributed by atoms with Crippen LogP contribution in [0.15, 0.2) is 52.3 Å². The minimum Gasteiger partial charge on any atom is -0.497 e. The van der Waals surface area contributed by atoms with Crippen molar-refractivity contribution in [1.29, 1.82) is 0 Å². The second-order valence-corrected chi connectivity index (χ2v) is 4.78. The second kappa shape index (κ2) is 6.81. The van der Waals surface area contributed by atoms with Crippen molar-refractivity contribution in [3.8, 4) is 5.75 Å². The summed E-state index contributed by atoms with van der Waals surface area (Å²) in [4.78, 5) is 15.7. The molecule has 1 heterocycles. The van der Waals surface area contributed by atoms with Crippen molar-refractivity contribution in [3.05, 3.63) is 58.3 Å². The lowest BCUT2D eigenvalue weighted by Crippen LogP contribution is -2.17. The Morgan fingerprint density at radius 2 is 2.10 bits per heavy atom. The fourth-order valence-electron chi connectivity index (χ4n) is 1.46. The van der Waals surface area contributed by atoms with Gasteiger partial charge in [0.1, 0.15) is 5.75 Å². The van der Waals surface area contributed by atoms with E-state index in [1.165, 1.54) is 6.20 Å². The zero-order chi connectivity index (χ0) is 14.4. The number of carbonyl (C=O) groups is 1. The summed E-state index contributed by atoms with van der Waals surface area (Å²) in [6.07, 6.45) is 4.64. The molecular formula is C14H12BrN3O2. The van der Waals surface area contributed by atoms with Gasteiger partial charge in [0.2, 0.25) is 0 Å². The van der Waals surface area contributed by atoms with Crippen LogP contribution in [0.2, 0.25) is 0 Å². The number of ether oxygens (including phenoxy) is 1. The van der Waals surface area contributed by atoms with Crippen molar-refractivity contribution in [2.24, 2.45) is 5.10 Å². The number of halogens is 1. The maximum atomic E-state index is 11.8. The van der Waals surface area contributed by atoms with Gasteiger partial charge in [-0.25, -0.2) is 5.43 Å². The highest BCUT2D eigenvalue weighted by atomic mass is 79.9. The Morgan fingerprint density at radius 1 is 1.35 bits per heavy atom. The van der Waals surface area contributed by atoms with Gasteiger partial charge in [-0.15, -0.1) is 0 Å². The predicted octanol–water partition coefficient (Wildman–Crippen LogP) is 2.62. The van der Waals surface area contributed by atoms with Crippen LogP contribution in [0.4, 0.5) is 0 Å². The van der Waals surface area contributed by atoms with Crippen LogP contribution in [-0.2, 0) is 0 Å². The number of nitrogens with one attached hydrogen (secondary N) is 1. The fourth-order valence-corrected chi connectivity index (χ4v) is 1.82. The van der Waals surface area contributed by atoms with Crippen LogP contribution in [0.5, 0.6) is 5.75 Å². The van der Waals surface area contributed by atoms with Gasteiger partial charge in [-0.05, 0) is 51.8 Å². The molecule has 0 unspecified atom stereocenters. The molecule has 1 aromatic carbocycles. The highest BCUT2D eigenvalue weighted by molar-refractivity contribution is 9.10. The average Bonchev–Trinajstić information content (AvgIpc) is 2.48. The third-order valence-electron chi connectivity index (χ3n) is 2.46. The van der Waals surface area contributed by atoms with E-state index in [0.29, 0.717) is 5.56 Å². The monoisotopic (exact) mass is 333 g/mol. The number of pyridine rings is 1. The number of carbonyl (C=O) groups excluding carboxylic acids is 1. The van der Waals surface area contributed by atoms with Crippen molar-refractivity contribution in [2.45, 2.75) is 0 Å². The Balaban J connectivity index is 1.97. The SMILES string of the molecule is COc1ccc(/C=N/NC(=O)c2cncc(Br)c2)cc1. The van der Waals surface area contributed by atoms with Crippen molar-refractivity contribution in [1.82, 2.24) is 10.4 Å². The zero-order valence-corrected chi connectivity index (χ0v) is 12.3. The highest BCUT2D eigenvalue weighted by Crippen LogP contribution is 2.10. The Kier molecular flexibility index (Phi) is 4.84. The lowest BCUT2D eigenvalue weighted by molar-refractivity contribution is 0.0954. The van der Waals surface area contributed by atoms with Gasteiger partial charge in [0.05, 0.1) is 18.9 Å². The number of rotatable bonds is 4. The number of hydrazone groups is 1. The Labute approximate surface area is 124 Å². The molecule has 0 spiro atoms. The molecule has 0 saturated carbocycles. The molecule has 102 valence electrons. The third kappa shape index (κ3) is 3.89. The average molecular weight is 334 g/mol. The number of amides is 1. The summed E-state index contributed by atoms with van der Waals surface area (Å²) in [5, 5.41) is 3.89. The first kappa shape index (κ1) is 14.2. The van der Waals surface area contributed by atoms with E-state index in [0.717, 1.165) is 15.8 Å². The predicted molar refractivity (Wildman–Crippen MR) is 80.0 cm³/mol. The maximum absolute atomic E-state index is 11.8. The van der Waals surface area contributed by atoms with Crippen molar-refractivity contribution >= 4 is 28.1 Å². The van der Waals surface area contributed by atoms with Crippen LogP contribution in [0.3, 0.4) is 0 Å². The summed E-state index contributed by atoms with van der Waals surface area (Å²) >= 11 is 3.26. The number of aromatic nitrogens is 1. The number of hydrogen-bond donors (Lipinski definition) is 1. The molecule has 0 atom stereocenters. The van der Waals surface area contributed by atoms with Crippen LogP contribution < -0.4 is 10.2 Å². The van der Waals surface area contributed by atoms with Crippen LogP contribution in [0.25, 0.3) is 0 Å². The normalized spacial score (nSPS) is 10.5. The summed E-state index contributed by atoms with van der Waals surface area (Å²) in [6.45, 7) is 0. The molecule has 0 fully saturated rings. The lowest BCUT2D eigenvalue weighted by atomic mass is 10.2. The van der Waals surface area contributed by atoms with E-state index in [1.54, 1.807) is 25.6 Å². The van der Waals surface area contributed by atoms with E-state index < -0.39 is 0 Å². The van der Waals surface area contributed by atoms with E-state index in [9.17, 15) is 4.79 Å². The van der Waals surface area contributed by atoms with E-state index in [-0.39, 0.29) is 5.91 Å². The van der Waals surface area contributed by atoms with E-state index in [4.69, 9.17) is 4.74 Å². The minimum atomic E-state index is -0.316. The fraction of sp³-hybridized carbons (Fsp3) is 0.0714. The molecule has 0 aliphatic carbocycles. The summed E-state index contributed by atoms with van der Waals surface area (Å²) < 4.78 is 5.80. The van der Waals surface area contributed by atoms with Gasteiger partial charge in [0.15, 0.2) is 0 Å². The number of methoxy groups -OCH3 is 1. The first-order valence-corrected chi connectivity index (χ1v) is 6.56. The van der Waals surface area contributed by atoms with Gasteiger partial charge >= 0.3 is 0 Å². The largest absolute Gasteiger partial charge is 0.497 e. The number of benzene rings is 1. The van der Waals surface area contributed by atoms with Crippen LogP contribution in [0, 0.1) is 0 Å². The number of nitrogens with zero attached hydrogens (tertiary/aromatic N) is 2. The quantitative estimate of drug-likeness (QED) is 0.691. The van der Waals surface area contributed by atoms with Crippen LogP contribution in [-0.4, -0.2) is 24.2 Å². The van der Waals surface area contributed by atoms with E-state index >= 15 is 0 Å². The molecular weight excluding hydrogens is 322 g/mol. The number of hydrogen-bond acceptors (Lipinski definition) is 4. The molecule has 2 rings (SSSR count). The summed E-state index contributed by atoms with van der Waals surface area (Å²) in [6, 6.07) is 9.00. The Bertz CT molecular complexity index is 627. The van der Waals surface area contributed by atoms with Gasteiger partial charge in [0.25, 0.3) is 5.91 Å². The molecule has 6 heteroatoms. The van der Waals surface area contributed by atoms with Crippen molar-refractivity contribution < 1.29 is 9.53 Å². The maximum Gasteiger partial charge on any atom is 0.272 e. The molecule has 1 aromatic heterocycles. The van der Waals surface area contributed by atoms with Crippen LogP contribution >= 0.6 is 15.9 Å². The molecule has 0 saturated heterocycles. The molecule has 0 radical (unpaired) electrons. The second-order valence-electron chi connectivity index (χ2n) is 3.86. The van der Waals surface area contributed by atoms with Gasteiger partial charge in [-0.1, -0.05) is 0 Å². The topological polar surface area (TPSA) is 63.6 Å².